The normalized spacial score (nSPS) is 34.9. The van der Waals surface area contributed by atoms with Gasteiger partial charge in [0.25, 0.3) is 0 Å². The van der Waals surface area contributed by atoms with E-state index < -0.39 is 0 Å². The zero-order chi connectivity index (χ0) is 7.84. The van der Waals surface area contributed by atoms with E-state index >= 15 is 0 Å². The van der Waals surface area contributed by atoms with Crippen molar-refractivity contribution in [1.29, 1.82) is 0 Å². The fraction of sp³-hybridized carbons (Fsp3) is 0.625. The standard InChI is InChI=1S/C8H9NO2/c10-4-5-1-2-6-7(5)3-9-8(6)11/h6-7H,1-3H2,(H,9,11). The van der Waals surface area contributed by atoms with E-state index in [2.05, 4.69) is 5.32 Å². The number of hydrogen-bond donors (Lipinski definition) is 1. The van der Waals surface area contributed by atoms with Crippen LogP contribution in [-0.4, -0.2) is 18.4 Å². The van der Waals surface area contributed by atoms with Crippen molar-refractivity contribution in [2.24, 2.45) is 11.8 Å². The van der Waals surface area contributed by atoms with Gasteiger partial charge in [-0.3, -0.25) is 4.79 Å². The fourth-order valence-electron chi connectivity index (χ4n) is 1.99. The molecule has 1 aliphatic carbocycles. The number of carbonyl (C=O) groups is 1. The number of nitrogens with one attached hydrogen (secondary N) is 1. The first-order chi connectivity index (χ1) is 5.33. The molecular formula is C8H9NO2. The minimum absolute atomic E-state index is 0.0754. The number of fused-ring (bicyclic) bond motifs is 1. The van der Waals surface area contributed by atoms with Gasteiger partial charge in [-0.25, -0.2) is 4.79 Å². The number of hydrogen-bond acceptors (Lipinski definition) is 2. The molecule has 0 spiro atoms. The summed E-state index contributed by atoms with van der Waals surface area (Å²) in [5, 5.41) is 2.75. The molecule has 1 saturated heterocycles. The molecule has 1 heterocycles. The molecule has 0 aromatic rings. The van der Waals surface area contributed by atoms with Gasteiger partial charge in [0.2, 0.25) is 5.91 Å². The topological polar surface area (TPSA) is 46.2 Å². The van der Waals surface area contributed by atoms with Crippen LogP contribution in [0.2, 0.25) is 0 Å². The average molecular weight is 151 g/mol. The molecular weight excluding hydrogens is 142 g/mol. The summed E-state index contributed by atoms with van der Waals surface area (Å²) in [5.74, 6) is 2.28. The summed E-state index contributed by atoms with van der Waals surface area (Å²) in [4.78, 5) is 21.4. The van der Waals surface area contributed by atoms with Gasteiger partial charge in [-0.05, 0) is 12.8 Å². The molecule has 1 saturated carbocycles. The van der Waals surface area contributed by atoms with Crippen LogP contribution in [0.3, 0.4) is 0 Å². The minimum Gasteiger partial charge on any atom is -0.355 e. The SMILES string of the molecule is O=C=C1CCC2C(=O)NCC12. The van der Waals surface area contributed by atoms with Crippen molar-refractivity contribution >= 4 is 11.8 Å². The van der Waals surface area contributed by atoms with Crippen molar-refractivity contribution in [3.8, 4) is 0 Å². The van der Waals surface area contributed by atoms with Crippen LogP contribution in [0, 0.1) is 11.8 Å². The minimum atomic E-state index is 0.0754. The number of rotatable bonds is 0. The molecule has 3 heteroatoms. The highest BCUT2D eigenvalue weighted by Gasteiger charge is 2.41. The van der Waals surface area contributed by atoms with Gasteiger partial charge in [-0.1, -0.05) is 0 Å². The van der Waals surface area contributed by atoms with Gasteiger partial charge in [-0.15, -0.1) is 0 Å². The highest BCUT2D eigenvalue weighted by molar-refractivity contribution is 5.83. The van der Waals surface area contributed by atoms with Gasteiger partial charge in [-0.2, -0.15) is 0 Å². The van der Waals surface area contributed by atoms with E-state index in [1.807, 2.05) is 5.94 Å². The van der Waals surface area contributed by atoms with Crippen LogP contribution in [0.1, 0.15) is 12.8 Å². The highest BCUT2D eigenvalue weighted by Crippen LogP contribution is 2.37. The Bertz CT molecular complexity index is 253. The molecule has 2 fully saturated rings. The van der Waals surface area contributed by atoms with Gasteiger partial charge in [0.05, 0.1) is 0 Å². The first kappa shape index (κ1) is 6.62. The van der Waals surface area contributed by atoms with Crippen LogP contribution < -0.4 is 5.32 Å². The number of amides is 1. The maximum absolute atomic E-state index is 11.1. The Balaban J connectivity index is 2.29. The molecule has 11 heavy (non-hydrogen) atoms. The Morgan fingerprint density at radius 2 is 2.27 bits per heavy atom. The van der Waals surface area contributed by atoms with E-state index in [0.29, 0.717) is 6.54 Å². The summed E-state index contributed by atoms with van der Waals surface area (Å²) in [5.41, 5.74) is 0.799. The lowest BCUT2D eigenvalue weighted by Gasteiger charge is -2.01. The summed E-state index contributed by atoms with van der Waals surface area (Å²) >= 11 is 0. The summed E-state index contributed by atoms with van der Waals surface area (Å²) < 4.78 is 0. The zero-order valence-electron chi connectivity index (χ0n) is 6.09. The Morgan fingerprint density at radius 3 is 3.00 bits per heavy atom. The Kier molecular flexibility index (Phi) is 1.33. The Morgan fingerprint density at radius 1 is 1.45 bits per heavy atom. The summed E-state index contributed by atoms with van der Waals surface area (Å²) in [6.07, 6.45) is 1.60. The molecule has 58 valence electrons. The third kappa shape index (κ3) is 0.813. The van der Waals surface area contributed by atoms with E-state index in [1.54, 1.807) is 0 Å². The first-order valence-corrected chi connectivity index (χ1v) is 3.84. The molecule has 2 rings (SSSR count). The maximum Gasteiger partial charge on any atom is 0.223 e. The number of carbonyl (C=O) groups excluding carboxylic acids is 2. The molecule has 1 amide bonds. The third-order valence-corrected chi connectivity index (χ3v) is 2.62. The largest absolute Gasteiger partial charge is 0.355 e. The van der Waals surface area contributed by atoms with Crippen LogP contribution in [0.4, 0.5) is 0 Å². The maximum atomic E-state index is 11.1. The molecule has 1 N–H and O–H groups in total. The van der Waals surface area contributed by atoms with Crippen LogP contribution in [0.5, 0.6) is 0 Å². The lowest BCUT2D eigenvalue weighted by molar-refractivity contribution is -0.122. The van der Waals surface area contributed by atoms with E-state index in [1.165, 1.54) is 0 Å². The van der Waals surface area contributed by atoms with Crippen LogP contribution in [0.15, 0.2) is 5.57 Å². The second-order valence-electron chi connectivity index (χ2n) is 3.12. The Hall–Kier alpha value is -1.08. The molecule has 2 atom stereocenters. The summed E-state index contributed by atoms with van der Waals surface area (Å²) in [6, 6.07) is 0. The van der Waals surface area contributed by atoms with Crippen molar-refractivity contribution in [1.82, 2.24) is 5.32 Å². The van der Waals surface area contributed by atoms with E-state index in [0.717, 1.165) is 18.4 Å². The smallest absolute Gasteiger partial charge is 0.223 e. The predicted octanol–water partition coefficient (Wildman–Crippen LogP) is -0.0996. The second-order valence-corrected chi connectivity index (χ2v) is 3.12. The van der Waals surface area contributed by atoms with Crippen LogP contribution in [-0.2, 0) is 9.59 Å². The van der Waals surface area contributed by atoms with E-state index in [9.17, 15) is 9.59 Å². The molecule has 0 aromatic carbocycles. The summed E-state index contributed by atoms with van der Waals surface area (Å²) in [6.45, 7) is 0.647. The lowest BCUT2D eigenvalue weighted by Crippen LogP contribution is -2.18. The molecule has 3 nitrogen and oxygen atoms in total. The van der Waals surface area contributed by atoms with E-state index in [-0.39, 0.29) is 17.7 Å². The lowest BCUT2D eigenvalue weighted by atomic mass is 9.98. The first-order valence-electron chi connectivity index (χ1n) is 3.84. The van der Waals surface area contributed by atoms with Crippen molar-refractivity contribution in [3.05, 3.63) is 5.57 Å². The van der Waals surface area contributed by atoms with Crippen molar-refractivity contribution in [3.63, 3.8) is 0 Å². The summed E-state index contributed by atoms with van der Waals surface area (Å²) in [7, 11) is 0. The van der Waals surface area contributed by atoms with Gasteiger partial charge in [0.1, 0.15) is 5.94 Å². The van der Waals surface area contributed by atoms with E-state index in [4.69, 9.17) is 0 Å². The van der Waals surface area contributed by atoms with Gasteiger partial charge in [0.15, 0.2) is 0 Å². The predicted molar refractivity (Wildman–Crippen MR) is 38.4 cm³/mol. The monoisotopic (exact) mass is 151 g/mol. The molecule has 0 bridgehead atoms. The molecule has 2 unspecified atom stereocenters. The van der Waals surface area contributed by atoms with Gasteiger partial charge < -0.3 is 5.32 Å². The average Bonchev–Trinajstić information content (AvgIpc) is 2.53. The quantitative estimate of drug-likeness (QED) is 0.491. The zero-order valence-corrected chi connectivity index (χ0v) is 6.09. The van der Waals surface area contributed by atoms with Crippen molar-refractivity contribution in [2.75, 3.05) is 6.54 Å². The molecule has 0 aromatic heterocycles. The van der Waals surface area contributed by atoms with Crippen molar-refractivity contribution in [2.45, 2.75) is 12.8 Å². The fourth-order valence-corrected chi connectivity index (χ4v) is 1.99. The highest BCUT2D eigenvalue weighted by atomic mass is 16.2. The molecule has 2 aliphatic rings. The van der Waals surface area contributed by atoms with Crippen LogP contribution >= 0.6 is 0 Å². The van der Waals surface area contributed by atoms with Gasteiger partial charge >= 0.3 is 0 Å². The third-order valence-electron chi connectivity index (χ3n) is 2.62. The molecule has 1 aliphatic heterocycles. The van der Waals surface area contributed by atoms with Crippen LogP contribution in [0.25, 0.3) is 0 Å². The van der Waals surface area contributed by atoms with Crippen molar-refractivity contribution < 1.29 is 9.59 Å². The molecule has 0 radical (unpaired) electrons. The Labute approximate surface area is 64.5 Å². The second kappa shape index (κ2) is 2.21. The van der Waals surface area contributed by atoms with Gasteiger partial charge in [0, 0.05) is 24.0 Å².